The lowest BCUT2D eigenvalue weighted by Gasteiger charge is -2.52. The number of hydrogen-bond donors (Lipinski definition) is 1. The number of nitrogens with zero attached hydrogens (tertiary/aromatic N) is 1. The molecule has 2 aliphatic heterocycles. The highest BCUT2D eigenvalue weighted by Crippen LogP contribution is 2.37. The Hall–Kier alpha value is -1.29. The van der Waals surface area contributed by atoms with E-state index >= 15 is 0 Å². The lowest BCUT2D eigenvalue weighted by atomic mass is 9.74. The molecule has 0 radical (unpaired) electrons. The van der Waals surface area contributed by atoms with Gasteiger partial charge in [-0.3, -0.25) is 4.79 Å². The Morgan fingerprint density at radius 3 is 3.00 bits per heavy atom. The first-order chi connectivity index (χ1) is 7.79. The number of furan rings is 1. The lowest BCUT2D eigenvalue weighted by molar-refractivity contribution is -0.00917. The van der Waals surface area contributed by atoms with Gasteiger partial charge in [-0.05, 0) is 31.5 Å². The summed E-state index contributed by atoms with van der Waals surface area (Å²) in [5, 5.41) is 3.41. The van der Waals surface area contributed by atoms with Crippen LogP contribution in [0.5, 0.6) is 0 Å². The van der Waals surface area contributed by atoms with Gasteiger partial charge in [-0.2, -0.15) is 0 Å². The van der Waals surface area contributed by atoms with Gasteiger partial charge in [0, 0.05) is 25.0 Å². The van der Waals surface area contributed by atoms with Gasteiger partial charge < -0.3 is 14.6 Å². The molecule has 4 heteroatoms. The van der Waals surface area contributed by atoms with Crippen molar-refractivity contribution in [2.75, 3.05) is 26.2 Å². The van der Waals surface area contributed by atoms with Crippen molar-refractivity contribution in [3.63, 3.8) is 0 Å². The Morgan fingerprint density at radius 1 is 1.50 bits per heavy atom. The number of rotatable bonds is 1. The molecule has 3 rings (SSSR count). The van der Waals surface area contributed by atoms with E-state index in [0.29, 0.717) is 11.2 Å². The Labute approximate surface area is 94.6 Å². The topological polar surface area (TPSA) is 45.5 Å². The molecule has 2 fully saturated rings. The Balaban J connectivity index is 1.62. The molecule has 1 N–H and O–H groups in total. The van der Waals surface area contributed by atoms with Crippen LogP contribution in [0.15, 0.2) is 22.8 Å². The summed E-state index contributed by atoms with van der Waals surface area (Å²) in [5.41, 5.74) is 0.348. The highest BCUT2D eigenvalue weighted by atomic mass is 16.3. The van der Waals surface area contributed by atoms with Crippen LogP contribution in [0, 0.1) is 5.41 Å². The van der Waals surface area contributed by atoms with Gasteiger partial charge in [0.1, 0.15) is 0 Å². The predicted octanol–water partition coefficient (Wildman–Crippen LogP) is 1.11. The van der Waals surface area contributed by atoms with E-state index in [1.165, 1.54) is 12.8 Å². The van der Waals surface area contributed by atoms with E-state index in [4.69, 9.17) is 4.42 Å². The fourth-order valence-electron chi connectivity index (χ4n) is 2.76. The Bertz CT molecular complexity index is 372. The average molecular weight is 220 g/mol. The van der Waals surface area contributed by atoms with Crippen molar-refractivity contribution >= 4 is 5.91 Å². The zero-order valence-corrected chi connectivity index (χ0v) is 9.24. The zero-order valence-electron chi connectivity index (χ0n) is 9.24. The van der Waals surface area contributed by atoms with Gasteiger partial charge in [0.15, 0.2) is 5.76 Å². The minimum Gasteiger partial charge on any atom is -0.459 e. The van der Waals surface area contributed by atoms with Gasteiger partial charge in [-0.15, -0.1) is 0 Å². The maximum Gasteiger partial charge on any atom is 0.289 e. The monoisotopic (exact) mass is 220 g/mol. The van der Waals surface area contributed by atoms with E-state index in [-0.39, 0.29) is 5.91 Å². The number of nitrogens with one attached hydrogen (secondary N) is 1. The molecule has 1 amide bonds. The smallest absolute Gasteiger partial charge is 0.289 e. The standard InChI is InChI=1S/C12H16N2O2/c15-11(10-3-1-6-16-10)14-8-12(9-14)4-2-5-13-7-12/h1,3,6,13H,2,4-5,7-9H2. The van der Waals surface area contributed by atoms with E-state index in [9.17, 15) is 4.79 Å². The van der Waals surface area contributed by atoms with Crippen molar-refractivity contribution in [1.29, 1.82) is 0 Å². The molecule has 86 valence electrons. The van der Waals surface area contributed by atoms with Crippen LogP contribution in [-0.2, 0) is 0 Å². The molecule has 2 aliphatic rings. The fraction of sp³-hybridized carbons (Fsp3) is 0.583. The van der Waals surface area contributed by atoms with Gasteiger partial charge in [0.05, 0.1) is 6.26 Å². The summed E-state index contributed by atoms with van der Waals surface area (Å²) in [6.07, 6.45) is 4.01. The van der Waals surface area contributed by atoms with Crippen LogP contribution >= 0.6 is 0 Å². The molecule has 4 nitrogen and oxygen atoms in total. The van der Waals surface area contributed by atoms with Gasteiger partial charge in [0.25, 0.3) is 5.91 Å². The van der Waals surface area contributed by atoms with E-state index < -0.39 is 0 Å². The first-order valence-electron chi connectivity index (χ1n) is 5.83. The molecule has 2 saturated heterocycles. The van der Waals surface area contributed by atoms with Crippen molar-refractivity contribution in [3.05, 3.63) is 24.2 Å². The molecule has 1 aromatic rings. The Kier molecular flexibility index (Phi) is 2.24. The van der Waals surface area contributed by atoms with Crippen molar-refractivity contribution in [3.8, 4) is 0 Å². The van der Waals surface area contributed by atoms with Crippen LogP contribution in [-0.4, -0.2) is 37.0 Å². The van der Waals surface area contributed by atoms with Crippen LogP contribution in [0.4, 0.5) is 0 Å². The maximum absolute atomic E-state index is 11.9. The van der Waals surface area contributed by atoms with E-state index in [1.54, 1.807) is 18.4 Å². The largest absolute Gasteiger partial charge is 0.459 e. The Morgan fingerprint density at radius 2 is 2.38 bits per heavy atom. The summed E-state index contributed by atoms with van der Waals surface area (Å²) < 4.78 is 5.12. The number of hydrogen-bond acceptors (Lipinski definition) is 3. The van der Waals surface area contributed by atoms with Crippen molar-refractivity contribution in [1.82, 2.24) is 10.2 Å². The highest BCUT2D eigenvalue weighted by molar-refractivity contribution is 5.92. The summed E-state index contributed by atoms with van der Waals surface area (Å²) in [5.74, 6) is 0.486. The third-order valence-electron chi connectivity index (χ3n) is 3.63. The minimum absolute atomic E-state index is 0.0289. The van der Waals surface area contributed by atoms with Crippen molar-refractivity contribution < 1.29 is 9.21 Å². The molecule has 16 heavy (non-hydrogen) atoms. The number of likely N-dealkylation sites (tertiary alicyclic amines) is 1. The summed E-state index contributed by atoms with van der Waals surface area (Å²) in [7, 11) is 0. The average Bonchev–Trinajstić information content (AvgIpc) is 2.79. The second kappa shape index (κ2) is 3.63. The third kappa shape index (κ3) is 1.53. The first kappa shape index (κ1) is 9.90. The number of amides is 1. The lowest BCUT2D eigenvalue weighted by Crippen LogP contribution is -2.63. The van der Waals surface area contributed by atoms with E-state index in [1.807, 2.05) is 4.90 Å². The first-order valence-corrected chi connectivity index (χ1v) is 5.83. The molecule has 0 aliphatic carbocycles. The normalized spacial score (nSPS) is 23.1. The number of carbonyl (C=O) groups excluding carboxylic acids is 1. The molecule has 1 spiro atoms. The van der Waals surface area contributed by atoms with Gasteiger partial charge in [-0.1, -0.05) is 0 Å². The molecule has 0 bridgehead atoms. The van der Waals surface area contributed by atoms with E-state index in [0.717, 1.165) is 26.2 Å². The second-order valence-electron chi connectivity index (χ2n) is 4.92. The molecule has 0 unspecified atom stereocenters. The van der Waals surface area contributed by atoms with Crippen LogP contribution in [0.2, 0.25) is 0 Å². The van der Waals surface area contributed by atoms with Crippen molar-refractivity contribution in [2.24, 2.45) is 5.41 Å². The molecule has 3 heterocycles. The fourth-order valence-corrected chi connectivity index (χ4v) is 2.76. The van der Waals surface area contributed by atoms with Gasteiger partial charge >= 0.3 is 0 Å². The summed E-state index contributed by atoms with van der Waals surface area (Å²) in [6, 6.07) is 3.48. The van der Waals surface area contributed by atoms with Crippen molar-refractivity contribution in [2.45, 2.75) is 12.8 Å². The predicted molar refractivity (Wildman–Crippen MR) is 59.1 cm³/mol. The third-order valence-corrected chi connectivity index (χ3v) is 3.63. The molecule has 1 aromatic heterocycles. The van der Waals surface area contributed by atoms with Crippen LogP contribution in [0.3, 0.4) is 0 Å². The second-order valence-corrected chi connectivity index (χ2v) is 4.92. The summed E-state index contributed by atoms with van der Waals surface area (Å²) >= 11 is 0. The molecular weight excluding hydrogens is 204 g/mol. The molecule has 0 aromatic carbocycles. The number of piperidine rings is 1. The molecular formula is C12H16N2O2. The van der Waals surface area contributed by atoms with Crippen LogP contribution in [0.25, 0.3) is 0 Å². The number of carbonyl (C=O) groups is 1. The molecule has 0 saturated carbocycles. The highest BCUT2D eigenvalue weighted by Gasteiger charge is 2.46. The SMILES string of the molecule is O=C(c1ccco1)N1CC2(CCCNC2)C1. The van der Waals surface area contributed by atoms with Crippen LogP contribution < -0.4 is 5.32 Å². The van der Waals surface area contributed by atoms with Gasteiger partial charge in [-0.25, -0.2) is 0 Å². The quantitative estimate of drug-likeness (QED) is 0.771. The molecule has 0 atom stereocenters. The maximum atomic E-state index is 11.9. The summed E-state index contributed by atoms with van der Waals surface area (Å²) in [6.45, 7) is 3.92. The van der Waals surface area contributed by atoms with Crippen LogP contribution in [0.1, 0.15) is 23.4 Å². The summed E-state index contributed by atoms with van der Waals surface area (Å²) in [4.78, 5) is 13.8. The van der Waals surface area contributed by atoms with E-state index in [2.05, 4.69) is 5.32 Å². The zero-order chi connectivity index (χ0) is 11.0. The van der Waals surface area contributed by atoms with Gasteiger partial charge in [0.2, 0.25) is 0 Å². The minimum atomic E-state index is 0.0289.